The highest BCUT2D eigenvalue weighted by atomic mass is 32.2. The molecule has 3 rings (SSSR count). The average Bonchev–Trinajstić information content (AvgIpc) is 2.41. The standard InChI is InChI=1S/C16H19NOS/c1-15(2)7-9-19-11-16(15,18)14-5-3-4-12-6-8-17-10-13(12)14/h3-6,8,10,18H,7,9,11H2,1-2H3. The van der Waals surface area contributed by atoms with Gasteiger partial charge in [-0.05, 0) is 34.6 Å². The van der Waals surface area contributed by atoms with Crippen molar-refractivity contribution in [2.24, 2.45) is 5.41 Å². The molecule has 0 aliphatic carbocycles. The third-order valence-electron chi connectivity index (χ3n) is 4.43. The van der Waals surface area contributed by atoms with E-state index in [1.54, 1.807) is 6.20 Å². The van der Waals surface area contributed by atoms with Gasteiger partial charge in [0.15, 0.2) is 0 Å². The number of fused-ring (bicyclic) bond motifs is 1. The summed E-state index contributed by atoms with van der Waals surface area (Å²) in [5, 5.41) is 13.5. The normalized spacial score (nSPS) is 26.5. The Morgan fingerprint density at radius 3 is 2.89 bits per heavy atom. The molecule has 1 atom stereocenters. The first-order valence-corrected chi connectivity index (χ1v) is 7.83. The van der Waals surface area contributed by atoms with E-state index in [0.717, 1.165) is 34.3 Å². The Hall–Kier alpha value is -1.06. The van der Waals surface area contributed by atoms with E-state index in [1.807, 2.05) is 30.1 Å². The van der Waals surface area contributed by atoms with Crippen LogP contribution in [-0.4, -0.2) is 21.6 Å². The van der Waals surface area contributed by atoms with Gasteiger partial charge in [-0.1, -0.05) is 32.0 Å². The second kappa shape index (κ2) is 4.50. The number of hydrogen-bond acceptors (Lipinski definition) is 3. The number of aromatic nitrogens is 1. The van der Waals surface area contributed by atoms with Crippen LogP contribution in [0, 0.1) is 5.41 Å². The summed E-state index contributed by atoms with van der Waals surface area (Å²) in [4.78, 5) is 4.23. The van der Waals surface area contributed by atoms with Crippen LogP contribution in [0.2, 0.25) is 0 Å². The van der Waals surface area contributed by atoms with E-state index in [1.165, 1.54) is 0 Å². The first-order valence-electron chi connectivity index (χ1n) is 6.68. The Balaban J connectivity index is 2.23. The molecule has 1 unspecified atom stereocenters. The zero-order valence-electron chi connectivity index (χ0n) is 11.4. The molecule has 2 heterocycles. The molecule has 0 saturated carbocycles. The fraction of sp³-hybridized carbons (Fsp3) is 0.438. The summed E-state index contributed by atoms with van der Waals surface area (Å²) in [6.45, 7) is 4.34. The number of nitrogens with zero attached hydrogens (tertiary/aromatic N) is 1. The molecule has 1 fully saturated rings. The SMILES string of the molecule is CC1(C)CCSCC1(O)c1cccc2ccncc12. The van der Waals surface area contributed by atoms with E-state index in [2.05, 4.69) is 31.0 Å². The van der Waals surface area contributed by atoms with Crippen molar-refractivity contribution in [2.45, 2.75) is 25.9 Å². The lowest BCUT2D eigenvalue weighted by Gasteiger charge is -2.46. The summed E-state index contributed by atoms with van der Waals surface area (Å²) in [5.74, 6) is 1.88. The van der Waals surface area contributed by atoms with Gasteiger partial charge in [0, 0.05) is 23.5 Å². The van der Waals surface area contributed by atoms with Crippen LogP contribution in [0.25, 0.3) is 10.8 Å². The zero-order valence-corrected chi connectivity index (χ0v) is 12.2. The lowest BCUT2D eigenvalue weighted by Crippen LogP contribution is -2.47. The molecule has 0 spiro atoms. The van der Waals surface area contributed by atoms with Crippen LogP contribution in [0.3, 0.4) is 0 Å². The first kappa shape index (κ1) is 12.9. The van der Waals surface area contributed by atoms with Crippen LogP contribution >= 0.6 is 11.8 Å². The highest BCUT2D eigenvalue weighted by Crippen LogP contribution is 2.49. The Kier molecular flexibility index (Phi) is 3.06. The van der Waals surface area contributed by atoms with E-state index in [0.29, 0.717) is 0 Å². The molecule has 100 valence electrons. The minimum absolute atomic E-state index is 0.109. The van der Waals surface area contributed by atoms with Crippen molar-refractivity contribution < 1.29 is 5.11 Å². The molecule has 0 amide bonds. The maximum absolute atomic E-state index is 11.3. The van der Waals surface area contributed by atoms with E-state index in [9.17, 15) is 5.11 Å². The monoisotopic (exact) mass is 273 g/mol. The van der Waals surface area contributed by atoms with Crippen molar-refractivity contribution >= 4 is 22.5 Å². The van der Waals surface area contributed by atoms with Gasteiger partial charge in [-0.25, -0.2) is 0 Å². The highest BCUT2D eigenvalue weighted by molar-refractivity contribution is 7.99. The molecule has 1 saturated heterocycles. The molecule has 1 aliphatic heterocycles. The second-order valence-electron chi connectivity index (χ2n) is 5.95. The third-order valence-corrected chi connectivity index (χ3v) is 5.55. The van der Waals surface area contributed by atoms with Gasteiger partial charge in [0.05, 0.1) is 0 Å². The zero-order chi connectivity index (χ0) is 13.5. The van der Waals surface area contributed by atoms with E-state index < -0.39 is 5.60 Å². The molecular weight excluding hydrogens is 254 g/mol. The molecule has 1 N–H and O–H groups in total. The van der Waals surface area contributed by atoms with Crippen LogP contribution < -0.4 is 0 Å². The molecule has 19 heavy (non-hydrogen) atoms. The van der Waals surface area contributed by atoms with Gasteiger partial charge in [0.1, 0.15) is 5.60 Å². The highest BCUT2D eigenvalue weighted by Gasteiger charge is 2.47. The van der Waals surface area contributed by atoms with Crippen molar-refractivity contribution in [1.29, 1.82) is 0 Å². The Bertz CT molecular complexity index is 605. The minimum Gasteiger partial charge on any atom is -0.384 e. The van der Waals surface area contributed by atoms with Crippen molar-refractivity contribution in [3.63, 3.8) is 0 Å². The Morgan fingerprint density at radius 2 is 2.11 bits per heavy atom. The molecule has 0 radical (unpaired) electrons. The quantitative estimate of drug-likeness (QED) is 0.862. The lowest BCUT2D eigenvalue weighted by molar-refractivity contribution is -0.0566. The first-order chi connectivity index (χ1) is 9.05. The van der Waals surface area contributed by atoms with Crippen molar-refractivity contribution in [3.05, 3.63) is 42.2 Å². The molecule has 1 aromatic heterocycles. The Labute approximate surface area is 118 Å². The predicted octanol–water partition coefficient (Wildman–Crippen LogP) is 3.59. The summed E-state index contributed by atoms with van der Waals surface area (Å²) in [7, 11) is 0. The predicted molar refractivity (Wildman–Crippen MR) is 81.4 cm³/mol. The van der Waals surface area contributed by atoms with Gasteiger partial charge in [-0.3, -0.25) is 4.98 Å². The molecule has 1 aliphatic rings. The van der Waals surface area contributed by atoms with E-state index in [-0.39, 0.29) is 5.41 Å². The topological polar surface area (TPSA) is 33.1 Å². The Morgan fingerprint density at radius 1 is 1.26 bits per heavy atom. The van der Waals surface area contributed by atoms with Crippen molar-refractivity contribution in [1.82, 2.24) is 4.98 Å². The second-order valence-corrected chi connectivity index (χ2v) is 7.05. The maximum Gasteiger partial charge on any atom is 0.104 e. The van der Waals surface area contributed by atoms with Crippen molar-refractivity contribution in [3.8, 4) is 0 Å². The summed E-state index contributed by atoms with van der Waals surface area (Å²) < 4.78 is 0. The summed E-state index contributed by atoms with van der Waals surface area (Å²) in [5.41, 5.74) is 0.135. The number of benzene rings is 1. The summed E-state index contributed by atoms with van der Waals surface area (Å²) >= 11 is 1.84. The molecule has 1 aromatic carbocycles. The number of hydrogen-bond donors (Lipinski definition) is 1. The maximum atomic E-state index is 11.3. The number of aliphatic hydroxyl groups is 1. The van der Waals surface area contributed by atoms with Gasteiger partial charge in [0.25, 0.3) is 0 Å². The number of thioether (sulfide) groups is 1. The van der Waals surface area contributed by atoms with Gasteiger partial charge < -0.3 is 5.11 Å². The summed E-state index contributed by atoms with van der Waals surface area (Å²) in [6, 6.07) is 8.17. The van der Waals surface area contributed by atoms with Gasteiger partial charge in [0.2, 0.25) is 0 Å². The minimum atomic E-state index is -0.779. The van der Waals surface area contributed by atoms with Crippen LogP contribution in [0.4, 0.5) is 0 Å². The smallest absolute Gasteiger partial charge is 0.104 e. The number of pyridine rings is 1. The van der Waals surface area contributed by atoms with Gasteiger partial charge in [-0.15, -0.1) is 0 Å². The molecule has 2 aromatic rings. The largest absolute Gasteiger partial charge is 0.384 e. The fourth-order valence-corrected chi connectivity index (χ4v) is 4.51. The van der Waals surface area contributed by atoms with Crippen LogP contribution in [0.15, 0.2) is 36.7 Å². The number of rotatable bonds is 1. The van der Waals surface area contributed by atoms with E-state index >= 15 is 0 Å². The van der Waals surface area contributed by atoms with Crippen LogP contribution in [0.1, 0.15) is 25.8 Å². The van der Waals surface area contributed by atoms with Crippen LogP contribution in [-0.2, 0) is 5.60 Å². The van der Waals surface area contributed by atoms with Crippen LogP contribution in [0.5, 0.6) is 0 Å². The molecule has 2 nitrogen and oxygen atoms in total. The third kappa shape index (κ3) is 1.96. The van der Waals surface area contributed by atoms with Crippen molar-refractivity contribution in [2.75, 3.05) is 11.5 Å². The average molecular weight is 273 g/mol. The fourth-order valence-electron chi connectivity index (χ4n) is 2.87. The van der Waals surface area contributed by atoms with Gasteiger partial charge in [-0.2, -0.15) is 11.8 Å². The molecule has 0 bridgehead atoms. The van der Waals surface area contributed by atoms with Gasteiger partial charge >= 0.3 is 0 Å². The summed E-state index contributed by atoms with van der Waals surface area (Å²) in [6.07, 6.45) is 4.71. The molecule has 3 heteroatoms. The van der Waals surface area contributed by atoms with E-state index in [4.69, 9.17) is 0 Å². The lowest BCUT2D eigenvalue weighted by atomic mass is 9.69. The molecular formula is C16H19NOS.